The summed E-state index contributed by atoms with van der Waals surface area (Å²) in [4.78, 5) is 36.3. The summed E-state index contributed by atoms with van der Waals surface area (Å²) in [7, 11) is 0. The quantitative estimate of drug-likeness (QED) is 0.236. The molecule has 4 rings (SSSR count). The summed E-state index contributed by atoms with van der Waals surface area (Å²) in [5, 5.41) is 14.1. The number of likely N-dealkylation sites (tertiary alicyclic amines) is 1. The number of pyridine rings is 2. The number of anilines is 2. The van der Waals surface area contributed by atoms with Gasteiger partial charge in [0.05, 0.1) is 11.9 Å². The number of nitrogen functional groups attached to an aromatic ring is 1. The molecular weight excluding hydrogens is 478 g/mol. The lowest BCUT2D eigenvalue weighted by atomic mass is 9.99. The van der Waals surface area contributed by atoms with E-state index in [0.717, 1.165) is 49.2 Å². The van der Waals surface area contributed by atoms with Crippen LogP contribution in [0.25, 0.3) is 11.1 Å². The number of nitrogens with zero attached hydrogens (tertiary/aromatic N) is 3. The maximum absolute atomic E-state index is 12.9. The van der Waals surface area contributed by atoms with Crippen molar-refractivity contribution in [3.05, 3.63) is 71.8 Å². The van der Waals surface area contributed by atoms with Crippen molar-refractivity contribution in [2.45, 2.75) is 52.1 Å². The Labute approximate surface area is 223 Å². The molecule has 0 bridgehead atoms. The van der Waals surface area contributed by atoms with E-state index in [2.05, 4.69) is 31.6 Å². The first kappa shape index (κ1) is 26.9. The number of carbonyl (C=O) groups is 2. The van der Waals surface area contributed by atoms with Crippen molar-refractivity contribution in [2.75, 3.05) is 24.1 Å². The summed E-state index contributed by atoms with van der Waals surface area (Å²) in [6, 6.07) is 10.7. The van der Waals surface area contributed by atoms with Gasteiger partial charge in [0.2, 0.25) is 0 Å². The van der Waals surface area contributed by atoms with Crippen molar-refractivity contribution >= 4 is 28.9 Å². The molecule has 0 radical (unpaired) electrons. The summed E-state index contributed by atoms with van der Waals surface area (Å²) < 4.78 is 0. The third kappa shape index (κ3) is 6.60. The van der Waals surface area contributed by atoms with Crippen molar-refractivity contribution in [3.63, 3.8) is 0 Å². The van der Waals surface area contributed by atoms with Gasteiger partial charge in [-0.2, -0.15) is 0 Å². The molecule has 9 nitrogen and oxygen atoms in total. The first-order chi connectivity index (χ1) is 18.4. The number of aromatic nitrogens is 2. The molecule has 0 atom stereocenters. The van der Waals surface area contributed by atoms with Gasteiger partial charge in [0.15, 0.2) is 0 Å². The number of rotatable bonds is 10. The summed E-state index contributed by atoms with van der Waals surface area (Å²) in [5.41, 5.74) is 10.1. The van der Waals surface area contributed by atoms with Crippen LogP contribution in [0.15, 0.2) is 55.0 Å². The summed E-state index contributed by atoms with van der Waals surface area (Å²) in [6.07, 6.45) is 9.19. The van der Waals surface area contributed by atoms with Crippen molar-refractivity contribution in [2.24, 2.45) is 0 Å². The average Bonchev–Trinajstić information content (AvgIpc) is 3.45. The molecular formula is C29H35N7O2. The highest BCUT2D eigenvalue weighted by atomic mass is 16.2. The Morgan fingerprint density at radius 2 is 1.79 bits per heavy atom. The second kappa shape index (κ2) is 12.4. The van der Waals surface area contributed by atoms with Crippen molar-refractivity contribution in [3.8, 4) is 11.1 Å². The van der Waals surface area contributed by atoms with Crippen LogP contribution in [0.2, 0.25) is 0 Å². The molecule has 1 saturated heterocycles. The lowest BCUT2D eigenvalue weighted by Crippen LogP contribution is -2.34. The normalized spacial score (nSPS) is 13.4. The zero-order valence-corrected chi connectivity index (χ0v) is 22.0. The number of benzene rings is 1. The second-order valence-electron chi connectivity index (χ2n) is 9.62. The fourth-order valence-electron chi connectivity index (χ4n) is 4.55. The maximum atomic E-state index is 12.9. The lowest BCUT2D eigenvalue weighted by Gasteiger charge is -2.15. The Hall–Kier alpha value is -4.11. The minimum atomic E-state index is -0.620. The molecule has 1 aromatic carbocycles. The zero-order valence-electron chi connectivity index (χ0n) is 22.0. The number of amides is 2. The molecule has 0 unspecified atom stereocenters. The van der Waals surface area contributed by atoms with Gasteiger partial charge in [-0.3, -0.25) is 24.9 Å². The number of nitrogens with two attached hydrogens (primary N) is 1. The second-order valence-corrected chi connectivity index (χ2v) is 9.62. The van der Waals surface area contributed by atoms with Crippen LogP contribution in [0.1, 0.15) is 61.1 Å². The summed E-state index contributed by atoms with van der Waals surface area (Å²) in [5.74, 6) is -0.876. The van der Waals surface area contributed by atoms with Gasteiger partial charge in [-0.15, -0.1) is 0 Å². The van der Waals surface area contributed by atoms with Gasteiger partial charge in [-0.1, -0.05) is 19.9 Å². The molecule has 9 heteroatoms. The monoisotopic (exact) mass is 513 g/mol. The fraction of sp³-hybridized carbons (Fsp3) is 0.345. The van der Waals surface area contributed by atoms with E-state index in [1.165, 1.54) is 19.0 Å². The van der Waals surface area contributed by atoms with E-state index < -0.39 is 5.91 Å². The van der Waals surface area contributed by atoms with E-state index in [9.17, 15) is 9.59 Å². The summed E-state index contributed by atoms with van der Waals surface area (Å²) >= 11 is 0. The maximum Gasteiger partial charge on any atom is 0.274 e. The lowest BCUT2D eigenvalue weighted by molar-refractivity contribution is -0.110. The van der Waals surface area contributed by atoms with Gasteiger partial charge in [0.25, 0.3) is 11.8 Å². The molecule has 198 valence electrons. The molecule has 1 aliphatic heterocycles. The number of nitrogens with one attached hydrogen (secondary N) is 3. The molecule has 0 spiro atoms. The van der Waals surface area contributed by atoms with E-state index >= 15 is 0 Å². The molecule has 2 aromatic heterocycles. The van der Waals surface area contributed by atoms with Gasteiger partial charge < -0.3 is 16.4 Å². The molecule has 1 fully saturated rings. The fourth-order valence-corrected chi connectivity index (χ4v) is 4.55. The van der Waals surface area contributed by atoms with Crippen LogP contribution >= 0.6 is 0 Å². The minimum Gasteiger partial charge on any atom is -0.398 e. The Bertz CT molecular complexity index is 1300. The van der Waals surface area contributed by atoms with Gasteiger partial charge in [-0.05, 0) is 80.2 Å². The standard InChI is InChI=1S/C29H35N7O2/c1-3-22(4-2)34-28(37)26-10-8-23(17-33-26)35-29(38)27(31)24-14-20(7-9-25(24)30)21-13-19(15-32-16-21)18-36-11-5-6-12-36/h7-10,13-17,22,31H,3-6,11-12,18,30H2,1-2H3,(H,34,37)(H,35,38). The van der Waals surface area contributed by atoms with E-state index in [0.29, 0.717) is 16.9 Å². The molecule has 38 heavy (non-hydrogen) atoms. The van der Waals surface area contributed by atoms with Crippen molar-refractivity contribution < 1.29 is 9.59 Å². The van der Waals surface area contributed by atoms with E-state index in [-0.39, 0.29) is 23.4 Å². The molecule has 3 heterocycles. The largest absolute Gasteiger partial charge is 0.398 e. The Morgan fingerprint density at radius 1 is 1.03 bits per heavy atom. The first-order valence-electron chi connectivity index (χ1n) is 13.1. The SMILES string of the molecule is CCC(CC)NC(=O)c1ccc(NC(=O)C(=N)c2cc(-c3cncc(CN4CCCC4)c3)ccc2N)cn1. The highest BCUT2D eigenvalue weighted by Gasteiger charge is 2.18. The van der Waals surface area contributed by atoms with Crippen LogP contribution in [0.5, 0.6) is 0 Å². The summed E-state index contributed by atoms with van der Waals surface area (Å²) in [6.45, 7) is 7.09. The third-order valence-corrected chi connectivity index (χ3v) is 6.86. The Morgan fingerprint density at radius 3 is 2.47 bits per heavy atom. The van der Waals surface area contributed by atoms with Crippen molar-refractivity contribution in [1.29, 1.82) is 5.41 Å². The van der Waals surface area contributed by atoms with E-state index in [1.807, 2.05) is 26.1 Å². The van der Waals surface area contributed by atoms with E-state index in [1.54, 1.807) is 30.5 Å². The molecule has 1 aliphatic rings. The minimum absolute atomic E-state index is 0.0914. The van der Waals surface area contributed by atoms with Gasteiger partial charge in [0.1, 0.15) is 11.4 Å². The van der Waals surface area contributed by atoms with Crippen LogP contribution < -0.4 is 16.4 Å². The molecule has 0 aliphatic carbocycles. The van der Waals surface area contributed by atoms with Gasteiger partial charge >= 0.3 is 0 Å². The molecule has 5 N–H and O–H groups in total. The number of hydrogen-bond donors (Lipinski definition) is 4. The molecule has 2 amide bonds. The predicted octanol–water partition coefficient (Wildman–Crippen LogP) is 4.25. The Balaban J connectivity index is 1.44. The molecule has 3 aromatic rings. The first-order valence-corrected chi connectivity index (χ1v) is 13.1. The Kier molecular flexibility index (Phi) is 8.81. The van der Waals surface area contributed by atoms with Gasteiger partial charge in [-0.25, -0.2) is 4.98 Å². The average molecular weight is 514 g/mol. The number of carbonyl (C=O) groups excluding carboxylic acids is 2. The highest BCUT2D eigenvalue weighted by molar-refractivity contribution is 6.48. The van der Waals surface area contributed by atoms with Crippen molar-refractivity contribution in [1.82, 2.24) is 20.2 Å². The van der Waals surface area contributed by atoms with Crippen LogP contribution in [-0.4, -0.2) is 51.5 Å². The van der Waals surface area contributed by atoms with Gasteiger partial charge in [0, 0.05) is 41.8 Å². The van der Waals surface area contributed by atoms with Crippen LogP contribution in [-0.2, 0) is 11.3 Å². The highest BCUT2D eigenvalue weighted by Crippen LogP contribution is 2.25. The topological polar surface area (TPSA) is 137 Å². The molecule has 0 saturated carbocycles. The third-order valence-electron chi connectivity index (χ3n) is 6.86. The van der Waals surface area contributed by atoms with E-state index in [4.69, 9.17) is 11.1 Å². The zero-order chi connectivity index (χ0) is 27.1. The van der Waals surface area contributed by atoms with Crippen LogP contribution in [0.4, 0.5) is 11.4 Å². The van der Waals surface area contributed by atoms with Crippen LogP contribution in [0, 0.1) is 5.41 Å². The predicted molar refractivity (Wildman–Crippen MR) is 150 cm³/mol. The van der Waals surface area contributed by atoms with Crippen LogP contribution in [0.3, 0.4) is 0 Å². The number of hydrogen-bond acceptors (Lipinski definition) is 7. The smallest absolute Gasteiger partial charge is 0.274 e.